The number of nitrogens with zero attached hydrogens (tertiary/aromatic N) is 10. The summed E-state index contributed by atoms with van der Waals surface area (Å²) in [7, 11) is 14.9. The zero-order valence-electron chi connectivity index (χ0n) is 81.0. The van der Waals surface area contributed by atoms with Crippen LogP contribution in [0.15, 0.2) is 0 Å². The van der Waals surface area contributed by atoms with Crippen molar-refractivity contribution in [3.05, 3.63) is 0 Å². The maximum absolute atomic E-state index is 5.26. The van der Waals surface area contributed by atoms with Gasteiger partial charge in [-0.15, -0.1) is 0 Å². The number of rotatable bonds is 42. The molecule has 648 valence electrons. The van der Waals surface area contributed by atoms with Gasteiger partial charge in [0.25, 0.3) is 0 Å². The second-order valence-corrected chi connectivity index (χ2v) is 39.3. The zero-order chi connectivity index (χ0) is 82.6. The SMILES string of the molecule is CC(C)C1CN(C)C1.CC(C)CC(C)(C)CN(C)C.CC(C)CCCN(C)C.CC(C)CCN(C(C)C)C(C)C.CC(C)CCN(C)C.CC(C)CCN1CCCC1.CC(C)CCN1CCCCC1.CC(C)CCN1CCOCC1.CCCCN(CCCC)CCCC(C)C.CCN(CC)CCCC(C)C. The Balaban J connectivity index is -0.000000263. The molecule has 0 aliphatic carbocycles. The lowest BCUT2D eigenvalue weighted by Crippen LogP contribution is -2.46. The Morgan fingerprint density at radius 2 is 0.670 bits per heavy atom. The molecule has 0 spiro atoms. The Labute approximate surface area is 675 Å². The average molecular weight is 1510 g/mol. The van der Waals surface area contributed by atoms with Crippen LogP contribution in [0.2, 0.25) is 0 Å². The molecule has 0 amide bonds. The van der Waals surface area contributed by atoms with Crippen molar-refractivity contribution in [1.29, 1.82) is 0 Å². The van der Waals surface area contributed by atoms with Gasteiger partial charge in [0.05, 0.1) is 13.2 Å². The number of piperidine rings is 1. The second kappa shape index (κ2) is 78.4. The zero-order valence-corrected chi connectivity index (χ0v) is 81.0. The molecule has 0 radical (unpaired) electrons. The number of hydrogen-bond acceptors (Lipinski definition) is 11. The average Bonchev–Trinajstić information content (AvgIpc) is 0.993. The third kappa shape index (κ3) is 94.2. The fraction of sp³-hybridized carbons (Fsp3) is 1.00. The summed E-state index contributed by atoms with van der Waals surface area (Å²) >= 11 is 0. The highest BCUT2D eigenvalue weighted by atomic mass is 16.5. The summed E-state index contributed by atoms with van der Waals surface area (Å²) in [4.78, 5) is 24.5. The quantitative estimate of drug-likeness (QED) is 0.0587. The normalized spacial score (nSPS) is 15.5. The van der Waals surface area contributed by atoms with E-state index in [9.17, 15) is 0 Å². The van der Waals surface area contributed by atoms with E-state index in [1.807, 2.05) is 0 Å². The van der Waals surface area contributed by atoms with Crippen molar-refractivity contribution in [1.82, 2.24) is 49.0 Å². The van der Waals surface area contributed by atoms with Gasteiger partial charge in [0.1, 0.15) is 0 Å². The first-order valence-corrected chi connectivity index (χ1v) is 46.1. The Morgan fingerprint density at radius 3 is 0.943 bits per heavy atom. The fourth-order valence-corrected chi connectivity index (χ4v) is 13.5. The molecule has 4 aliphatic rings. The highest BCUT2D eigenvalue weighted by Crippen LogP contribution is 2.26. The summed E-state index contributed by atoms with van der Waals surface area (Å²) in [6.45, 7) is 97.3. The smallest absolute Gasteiger partial charge is 0.0594 e. The number of ether oxygens (including phenoxy) is 1. The van der Waals surface area contributed by atoms with Gasteiger partial charge in [-0.3, -0.25) is 9.80 Å². The first-order chi connectivity index (χ1) is 49.5. The maximum atomic E-state index is 5.26. The Morgan fingerprint density at radius 1 is 0.349 bits per heavy atom. The largest absolute Gasteiger partial charge is 0.379 e. The van der Waals surface area contributed by atoms with Gasteiger partial charge in [0.2, 0.25) is 0 Å². The minimum Gasteiger partial charge on any atom is -0.379 e. The predicted molar refractivity (Wildman–Crippen MR) is 488 cm³/mol. The maximum Gasteiger partial charge on any atom is 0.0594 e. The van der Waals surface area contributed by atoms with Crippen molar-refractivity contribution in [2.45, 2.75) is 355 Å². The van der Waals surface area contributed by atoms with Crippen molar-refractivity contribution in [3.63, 3.8) is 0 Å². The molecule has 0 aromatic rings. The van der Waals surface area contributed by atoms with Gasteiger partial charge >= 0.3 is 0 Å². The third-order valence-electron chi connectivity index (χ3n) is 20.5. The number of likely N-dealkylation sites (tertiary alicyclic amines) is 3. The summed E-state index contributed by atoms with van der Waals surface area (Å²) in [5.41, 5.74) is 0.470. The minimum absolute atomic E-state index is 0.470. The van der Waals surface area contributed by atoms with Crippen molar-refractivity contribution in [2.24, 2.45) is 70.5 Å². The predicted octanol–water partition coefficient (Wildman–Crippen LogP) is 23.7. The van der Waals surface area contributed by atoms with Gasteiger partial charge in [-0.25, -0.2) is 0 Å². The van der Waals surface area contributed by atoms with E-state index in [-0.39, 0.29) is 0 Å². The van der Waals surface area contributed by atoms with Gasteiger partial charge in [-0.2, -0.15) is 0 Å². The molecule has 0 aromatic heterocycles. The van der Waals surface area contributed by atoms with Crippen LogP contribution in [0.5, 0.6) is 0 Å². The molecule has 106 heavy (non-hydrogen) atoms. The minimum atomic E-state index is 0.470. The van der Waals surface area contributed by atoms with E-state index in [1.165, 1.54) is 259 Å². The lowest BCUT2D eigenvalue weighted by atomic mass is 9.84. The van der Waals surface area contributed by atoms with Crippen LogP contribution >= 0.6 is 0 Å². The Bertz CT molecular complexity index is 1580. The molecular weight excluding hydrogens is 1300 g/mol. The van der Waals surface area contributed by atoms with Crippen LogP contribution < -0.4 is 0 Å². The Kier molecular flexibility index (Phi) is 86.2. The molecule has 4 aliphatic heterocycles. The van der Waals surface area contributed by atoms with Gasteiger partial charge in [-0.1, -0.05) is 199 Å². The summed E-state index contributed by atoms with van der Waals surface area (Å²) < 4.78 is 5.26. The third-order valence-corrected chi connectivity index (χ3v) is 20.5. The van der Waals surface area contributed by atoms with Gasteiger partial charge in [0, 0.05) is 44.8 Å². The van der Waals surface area contributed by atoms with E-state index in [0.29, 0.717) is 17.5 Å². The molecule has 0 saturated carbocycles. The molecule has 0 bridgehead atoms. The summed E-state index contributed by atoms with van der Waals surface area (Å²) in [5, 5.41) is 0. The molecule has 4 heterocycles. The molecule has 11 heteroatoms. The molecule has 0 atom stereocenters. The van der Waals surface area contributed by atoms with Crippen molar-refractivity contribution in [3.8, 4) is 0 Å². The summed E-state index contributed by atoms with van der Waals surface area (Å²) in [6.07, 6.45) is 28.8. The van der Waals surface area contributed by atoms with Crippen molar-refractivity contribution in [2.75, 3.05) is 200 Å². The van der Waals surface area contributed by atoms with E-state index in [0.717, 1.165) is 91.4 Å². The molecule has 0 N–H and O–H groups in total. The van der Waals surface area contributed by atoms with Crippen molar-refractivity contribution < 1.29 is 4.74 Å². The molecular formula is C95H212N10O. The molecule has 4 rings (SSSR count). The summed E-state index contributed by atoms with van der Waals surface area (Å²) in [6, 6.07) is 1.37. The molecule has 11 nitrogen and oxygen atoms in total. The van der Waals surface area contributed by atoms with E-state index in [2.05, 4.69) is 306 Å². The standard InChI is InChI=1S/C14H31N.C11H25N.C10H21N.2C10H23N.C9H19NO.C9H19N.C8H19N.C7H15N.C7H17N/c1-5-7-11-15(12-8-6-2)13-9-10-14(3)4;1-9(2)7-8-12(10(3)4)11(5)6;1-10(2)6-9-11-7-4-3-5-8-11;1-9(2)7-10(3,4)8-11(5)6;1-5-11(6-2)9-7-8-10(3)4;1-9(2)3-4-10-5-7-11-8-6-10;1-9(2)5-8-10-6-3-4-7-10;1-8(2)6-5-7-9(3)4;1-6(2)7-4-8(3)5-7;1-7(2)5-6-8(3)4/h14H,5-13H2,1-4H3;9-11H,7-8H2,1-6H3;10H,3-9H2,1-2H3;9H,7-8H2,1-6H3;10H,5-9H2,1-4H3;9H,3-8H2,1-2H3;9H,3-8H2,1-2H3;8H,5-7H2,1-4H3;6-7H,4-5H2,1-3H3;7H,5-6H2,1-4H3. The van der Waals surface area contributed by atoms with E-state index >= 15 is 0 Å². The van der Waals surface area contributed by atoms with Crippen LogP contribution in [-0.4, -0.2) is 261 Å². The highest BCUT2D eigenvalue weighted by Gasteiger charge is 2.25. The van der Waals surface area contributed by atoms with E-state index in [1.54, 1.807) is 0 Å². The van der Waals surface area contributed by atoms with Crippen LogP contribution in [0.25, 0.3) is 0 Å². The molecule has 0 unspecified atom stereocenters. The lowest BCUT2D eigenvalue weighted by molar-refractivity contribution is 0.0360. The number of unbranched alkanes of at least 4 members (excludes halogenated alkanes) is 2. The van der Waals surface area contributed by atoms with Crippen LogP contribution in [-0.2, 0) is 4.74 Å². The van der Waals surface area contributed by atoms with Crippen LogP contribution in [0, 0.1) is 70.5 Å². The van der Waals surface area contributed by atoms with Gasteiger partial charge < -0.3 is 43.9 Å². The fourth-order valence-electron chi connectivity index (χ4n) is 13.5. The van der Waals surface area contributed by atoms with Gasteiger partial charge in [-0.05, 0) is 368 Å². The van der Waals surface area contributed by atoms with Crippen LogP contribution in [0.4, 0.5) is 0 Å². The van der Waals surface area contributed by atoms with Gasteiger partial charge in [0.15, 0.2) is 0 Å². The lowest BCUT2D eigenvalue weighted by Gasteiger charge is -2.38. The summed E-state index contributed by atoms with van der Waals surface area (Å²) in [5.74, 6) is 9.54. The Hall–Kier alpha value is -0.440. The van der Waals surface area contributed by atoms with E-state index in [4.69, 9.17) is 4.74 Å². The number of morpholine rings is 1. The van der Waals surface area contributed by atoms with Crippen molar-refractivity contribution >= 4 is 0 Å². The molecule has 4 saturated heterocycles. The molecule has 4 fully saturated rings. The number of hydrogen-bond donors (Lipinski definition) is 0. The van der Waals surface area contributed by atoms with E-state index < -0.39 is 0 Å². The molecule has 0 aromatic carbocycles. The second-order valence-electron chi connectivity index (χ2n) is 39.3. The van der Waals surface area contributed by atoms with Crippen LogP contribution in [0.3, 0.4) is 0 Å². The topological polar surface area (TPSA) is 41.6 Å². The first kappa shape index (κ1) is 116. The first-order valence-electron chi connectivity index (χ1n) is 46.1. The highest BCUT2D eigenvalue weighted by molar-refractivity contribution is 4.79. The monoisotopic (exact) mass is 1510 g/mol. The van der Waals surface area contributed by atoms with Crippen LogP contribution in [0.1, 0.15) is 343 Å².